The van der Waals surface area contributed by atoms with Gasteiger partial charge in [0.25, 0.3) is 0 Å². The Labute approximate surface area is 130 Å². The monoisotopic (exact) mass is 341 g/mol. The van der Waals surface area contributed by atoms with Crippen LogP contribution in [0.3, 0.4) is 0 Å². The predicted octanol–water partition coefficient (Wildman–Crippen LogP) is 4.28. The molecule has 0 saturated heterocycles. The van der Waals surface area contributed by atoms with Gasteiger partial charge in [-0.25, -0.2) is 0 Å². The number of unbranched alkanes of at least 4 members (excludes halogenated alkanes) is 1. The molecule has 4 heteroatoms. The van der Waals surface area contributed by atoms with E-state index in [2.05, 4.69) is 47.2 Å². The van der Waals surface area contributed by atoms with E-state index in [0.29, 0.717) is 6.04 Å². The molecule has 1 aliphatic rings. The highest BCUT2D eigenvalue weighted by atomic mass is 79.9. The molecule has 112 valence electrons. The fraction of sp³-hybridized carbons (Fsp3) is 0.625. The third-order valence-electron chi connectivity index (χ3n) is 3.51. The summed E-state index contributed by atoms with van der Waals surface area (Å²) in [5.74, 6) is 1.69. The topological polar surface area (TPSA) is 30.5 Å². The van der Waals surface area contributed by atoms with Crippen LogP contribution in [0.5, 0.6) is 11.5 Å². The summed E-state index contributed by atoms with van der Waals surface area (Å²) >= 11 is 3.58. The highest BCUT2D eigenvalue weighted by molar-refractivity contribution is 9.10. The van der Waals surface area contributed by atoms with Gasteiger partial charge in [0, 0.05) is 19.0 Å². The van der Waals surface area contributed by atoms with Gasteiger partial charge >= 0.3 is 0 Å². The molecule has 1 unspecified atom stereocenters. The van der Waals surface area contributed by atoms with Crippen molar-refractivity contribution in [3.05, 3.63) is 22.2 Å². The first kappa shape index (κ1) is 15.6. The lowest BCUT2D eigenvalue weighted by molar-refractivity contribution is 0.296. The van der Waals surface area contributed by atoms with E-state index >= 15 is 0 Å². The molecule has 0 aliphatic carbocycles. The number of fused-ring (bicyclic) bond motifs is 1. The molecule has 1 heterocycles. The summed E-state index contributed by atoms with van der Waals surface area (Å²) in [6, 6.07) is 4.75. The Morgan fingerprint density at radius 2 is 2.10 bits per heavy atom. The number of hydrogen-bond acceptors (Lipinski definition) is 3. The molecule has 0 spiro atoms. The summed E-state index contributed by atoms with van der Waals surface area (Å²) < 4.78 is 12.5. The normalized spacial score (nSPS) is 15.8. The minimum absolute atomic E-state index is 0.546. The standard InChI is InChI=1S/C16H24BrNO2/c1-3-4-6-12(2)18-11-13-9-14(17)16-15(10-13)19-7-5-8-20-16/h9-10,12,18H,3-8,11H2,1-2H3. The molecule has 0 aromatic heterocycles. The molecule has 1 N–H and O–H groups in total. The van der Waals surface area contributed by atoms with Crippen LogP contribution in [0.25, 0.3) is 0 Å². The lowest BCUT2D eigenvalue weighted by Gasteiger charge is -2.15. The van der Waals surface area contributed by atoms with Crippen LogP contribution in [-0.4, -0.2) is 19.3 Å². The van der Waals surface area contributed by atoms with Gasteiger partial charge in [-0.3, -0.25) is 0 Å². The molecular formula is C16H24BrNO2. The number of rotatable bonds is 6. The van der Waals surface area contributed by atoms with E-state index in [1.54, 1.807) is 0 Å². The van der Waals surface area contributed by atoms with E-state index in [4.69, 9.17) is 9.47 Å². The number of benzene rings is 1. The van der Waals surface area contributed by atoms with Gasteiger partial charge < -0.3 is 14.8 Å². The Bertz CT molecular complexity index is 437. The lowest BCUT2D eigenvalue weighted by atomic mass is 10.1. The first-order chi connectivity index (χ1) is 9.70. The Morgan fingerprint density at radius 3 is 2.90 bits per heavy atom. The van der Waals surface area contributed by atoms with Crippen molar-refractivity contribution in [2.24, 2.45) is 0 Å². The minimum Gasteiger partial charge on any atom is -0.490 e. The molecule has 1 aliphatic heterocycles. The molecule has 0 bridgehead atoms. The van der Waals surface area contributed by atoms with Crippen molar-refractivity contribution in [2.45, 2.75) is 52.1 Å². The molecule has 0 fully saturated rings. The number of ether oxygens (including phenoxy) is 2. The van der Waals surface area contributed by atoms with E-state index in [-0.39, 0.29) is 0 Å². The average Bonchev–Trinajstić information content (AvgIpc) is 2.68. The third-order valence-corrected chi connectivity index (χ3v) is 4.10. The highest BCUT2D eigenvalue weighted by Crippen LogP contribution is 2.38. The maximum absolute atomic E-state index is 5.76. The van der Waals surface area contributed by atoms with E-state index < -0.39 is 0 Å². The maximum atomic E-state index is 5.76. The van der Waals surface area contributed by atoms with Crippen LogP contribution in [0.4, 0.5) is 0 Å². The van der Waals surface area contributed by atoms with Crippen LogP contribution in [0, 0.1) is 0 Å². The second-order valence-electron chi connectivity index (χ2n) is 5.38. The summed E-state index contributed by atoms with van der Waals surface area (Å²) in [7, 11) is 0. The maximum Gasteiger partial charge on any atom is 0.175 e. The van der Waals surface area contributed by atoms with Gasteiger partial charge in [-0.1, -0.05) is 19.8 Å². The first-order valence-electron chi connectivity index (χ1n) is 7.52. The van der Waals surface area contributed by atoms with Crippen molar-refractivity contribution in [2.75, 3.05) is 13.2 Å². The van der Waals surface area contributed by atoms with Crippen LogP contribution < -0.4 is 14.8 Å². The summed E-state index contributed by atoms with van der Waals surface area (Å²) in [5, 5.41) is 3.57. The zero-order valence-electron chi connectivity index (χ0n) is 12.4. The SMILES string of the molecule is CCCCC(C)NCc1cc(Br)c2c(c1)OCCCO2. The molecule has 3 nitrogen and oxygen atoms in total. The van der Waals surface area contributed by atoms with E-state index in [1.807, 2.05) is 0 Å². The summed E-state index contributed by atoms with van der Waals surface area (Å²) in [5.41, 5.74) is 1.23. The molecular weight excluding hydrogens is 318 g/mol. The number of hydrogen-bond donors (Lipinski definition) is 1. The van der Waals surface area contributed by atoms with Crippen LogP contribution in [0.2, 0.25) is 0 Å². The number of nitrogens with one attached hydrogen (secondary N) is 1. The zero-order chi connectivity index (χ0) is 14.4. The first-order valence-corrected chi connectivity index (χ1v) is 8.31. The van der Waals surface area contributed by atoms with Gasteiger partial charge in [-0.15, -0.1) is 0 Å². The Hall–Kier alpha value is -0.740. The fourth-order valence-corrected chi connectivity index (χ4v) is 2.89. The van der Waals surface area contributed by atoms with Crippen molar-refractivity contribution in [1.82, 2.24) is 5.32 Å². The average molecular weight is 342 g/mol. The van der Waals surface area contributed by atoms with Gasteiger partial charge in [0.05, 0.1) is 17.7 Å². The molecule has 1 aromatic rings. The quantitative estimate of drug-likeness (QED) is 0.837. The Kier molecular flexibility index (Phi) is 6.17. The Morgan fingerprint density at radius 1 is 1.30 bits per heavy atom. The van der Waals surface area contributed by atoms with Gasteiger partial charge in [0.1, 0.15) is 0 Å². The fourth-order valence-electron chi connectivity index (χ4n) is 2.29. The van der Waals surface area contributed by atoms with Crippen LogP contribution in [-0.2, 0) is 6.54 Å². The summed E-state index contributed by atoms with van der Waals surface area (Å²) in [4.78, 5) is 0. The van der Waals surface area contributed by atoms with E-state index in [9.17, 15) is 0 Å². The molecule has 0 amide bonds. The summed E-state index contributed by atoms with van der Waals surface area (Å²) in [6.45, 7) is 6.78. The van der Waals surface area contributed by atoms with E-state index in [1.165, 1.54) is 24.8 Å². The second-order valence-corrected chi connectivity index (χ2v) is 6.23. The van der Waals surface area contributed by atoms with Gasteiger partial charge in [-0.05, 0) is 47.0 Å². The third kappa shape index (κ3) is 4.38. The van der Waals surface area contributed by atoms with Gasteiger partial charge in [-0.2, -0.15) is 0 Å². The largest absolute Gasteiger partial charge is 0.490 e. The van der Waals surface area contributed by atoms with Crippen molar-refractivity contribution in [1.29, 1.82) is 0 Å². The molecule has 0 saturated carbocycles. The molecule has 1 atom stereocenters. The molecule has 0 radical (unpaired) electrons. The van der Waals surface area contributed by atoms with E-state index in [0.717, 1.165) is 42.2 Å². The summed E-state index contributed by atoms with van der Waals surface area (Å²) in [6.07, 6.45) is 4.69. The van der Waals surface area contributed by atoms with Gasteiger partial charge in [0.15, 0.2) is 11.5 Å². The van der Waals surface area contributed by atoms with Crippen LogP contribution in [0.15, 0.2) is 16.6 Å². The van der Waals surface area contributed by atoms with Crippen LogP contribution in [0.1, 0.15) is 45.1 Å². The predicted molar refractivity (Wildman–Crippen MR) is 85.6 cm³/mol. The molecule has 1 aromatic carbocycles. The van der Waals surface area contributed by atoms with Crippen molar-refractivity contribution < 1.29 is 9.47 Å². The lowest BCUT2D eigenvalue weighted by Crippen LogP contribution is -2.25. The molecule has 2 rings (SSSR count). The smallest absolute Gasteiger partial charge is 0.175 e. The van der Waals surface area contributed by atoms with Crippen LogP contribution >= 0.6 is 15.9 Å². The number of halogens is 1. The van der Waals surface area contributed by atoms with Gasteiger partial charge in [0.2, 0.25) is 0 Å². The highest BCUT2D eigenvalue weighted by Gasteiger charge is 2.15. The minimum atomic E-state index is 0.546. The van der Waals surface area contributed by atoms with Crippen molar-refractivity contribution in [3.8, 4) is 11.5 Å². The van der Waals surface area contributed by atoms with Crippen molar-refractivity contribution in [3.63, 3.8) is 0 Å². The second kappa shape index (κ2) is 7.89. The zero-order valence-corrected chi connectivity index (χ0v) is 14.0. The molecule has 20 heavy (non-hydrogen) atoms. The Balaban J connectivity index is 1.98. The van der Waals surface area contributed by atoms with Crippen molar-refractivity contribution >= 4 is 15.9 Å².